The summed E-state index contributed by atoms with van der Waals surface area (Å²) in [6.07, 6.45) is 3.36. The molecule has 1 aromatic heterocycles. The third kappa shape index (κ3) is 2.68. The highest BCUT2D eigenvalue weighted by Gasteiger charge is 2.39. The molecular weight excluding hydrogens is 332 g/mol. The van der Waals surface area contributed by atoms with Crippen molar-refractivity contribution in [1.29, 1.82) is 0 Å². The molecular formula is C19H22N4O3. The molecule has 3 fully saturated rings. The smallest absolute Gasteiger partial charge is 0.251 e. The van der Waals surface area contributed by atoms with Crippen molar-refractivity contribution in [2.45, 2.75) is 37.4 Å². The first-order chi connectivity index (χ1) is 12.7. The Balaban J connectivity index is 1.36. The monoisotopic (exact) mass is 354 g/mol. The molecule has 0 aliphatic carbocycles. The Kier molecular flexibility index (Phi) is 3.72. The Bertz CT molecular complexity index is 877. The van der Waals surface area contributed by atoms with Crippen molar-refractivity contribution >= 4 is 28.7 Å². The van der Waals surface area contributed by atoms with E-state index in [1.807, 2.05) is 12.1 Å². The van der Waals surface area contributed by atoms with E-state index in [-0.39, 0.29) is 17.9 Å². The van der Waals surface area contributed by atoms with Crippen LogP contribution in [0.3, 0.4) is 0 Å². The van der Waals surface area contributed by atoms with E-state index in [4.69, 9.17) is 4.42 Å². The number of carbonyl (C=O) groups excluding carboxylic acids is 2. The summed E-state index contributed by atoms with van der Waals surface area (Å²) in [5, 5.41) is 10.6. The maximum atomic E-state index is 12.6. The van der Waals surface area contributed by atoms with Crippen molar-refractivity contribution in [1.82, 2.24) is 16.0 Å². The SMILES string of the molecule is O=C(N[C@@H]1C[C@H]2CC[C@@H]1N2)c1ccc2oc(N3CCNCC3=O)cc2c1. The minimum atomic E-state index is -0.0488. The van der Waals surface area contributed by atoms with Gasteiger partial charge in [0.1, 0.15) is 5.58 Å². The lowest BCUT2D eigenvalue weighted by atomic mass is 9.95. The third-order valence-electron chi connectivity index (χ3n) is 5.74. The lowest BCUT2D eigenvalue weighted by molar-refractivity contribution is -0.118. The van der Waals surface area contributed by atoms with Gasteiger partial charge in [-0.1, -0.05) is 0 Å². The Labute approximate surface area is 151 Å². The first kappa shape index (κ1) is 15.8. The van der Waals surface area contributed by atoms with Crippen LogP contribution in [0.2, 0.25) is 0 Å². The summed E-state index contributed by atoms with van der Waals surface area (Å²) in [7, 11) is 0. The van der Waals surface area contributed by atoms with Crippen LogP contribution in [0.25, 0.3) is 11.0 Å². The van der Waals surface area contributed by atoms with Gasteiger partial charge in [-0.05, 0) is 37.5 Å². The summed E-state index contributed by atoms with van der Waals surface area (Å²) in [4.78, 5) is 26.3. The molecule has 0 unspecified atom stereocenters. The molecule has 26 heavy (non-hydrogen) atoms. The van der Waals surface area contributed by atoms with E-state index in [1.54, 1.807) is 17.0 Å². The van der Waals surface area contributed by atoms with Crippen LogP contribution < -0.4 is 20.9 Å². The topological polar surface area (TPSA) is 86.6 Å². The molecule has 3 aliphatic heterocycles. The molecule has 7 nitrogen and oxygen atoms in total. The molecule has 1 aromatic carbocycles. The van der Waals surface area contributed by atoms with Crippen molar-refractivity contribution in [3.8, 4) is 0 Å². The number of anilines is 1. The summed E-state index contributed by atoms with van der Waals surface area (Å²) in [5.41, 5.74) is 1.31. The number of piperazine rings is 1. The number of nitrogens with zero attached hydrogens (tertiary/aromatic N) is 1. The summed E-state index contributed by atoms with van der Waals surface area (Å²) < 4.78 is 5.82. The zero-order valence-corrected chi connectivity index (χ0v) is 14.5. The lowest BCUT2D eigenvalue weighted by Crippen LogP contribution is -2.48. The van der Waals surface area contributed by atoms with Crippen molar-refractivity contribution < 1.29 is 14.0 Å². The summed E-state index contributed by atoms with van der Waals surface area (Å²) in [6.45, 7) is 1.65. The molecule has 2 bridgehead atoms. The normalized spacial score (nSPS) is 28.1. The molecule has 2 amide bonds. The van der Waals surface area contributed by atoms with Crippen LogP contribution in [0.5, 0.6) is 0 Å². The Morgan fingerprint density at radius 3 is 2.96 bits per heavy atom. The van der Waals surface area contributed by atoms with Crippen LogP contribution in [-0.2, 0) is 4.79 Å². The fourth-order valence-corrected chi connectivity index (χ4v) is 4.38. The molecule has 7 heteroatoms. The predicted molar refractivity (Wildman–Crippen MR) is 97.3 cm³/mol. The second kappa shape index (κ2) is 6.10. The number of rotatable bonds is 3. The van der Waals surface area contributed by atoms with E-state index in [1.165, 1.54) is 6.42 Å². The Morgan fingerprint density at radius 1 is 1.27 bits per heavy atom. The maximum absolute atomic E-state index is 12.6. The van der Waals surface area contributed by atoms with Gasteiger partial charge >= 0.3 is 0 Å². The molecule has 3 aliphatic rings. The van der Waals surface area contributed by atoms with Crippen LogP contribution in [0.4, 0.5) is 5.88 Å². The number of fused-ring (bicyclic) bond motifs is 3. The van der Waals surface area contributed by atoms with Crippen LogP contribution >= 0.6 is 0 Å². The van der Waals surface area contributed by atoms with E-state index in [2.05, 4.69) is 16.0 Å². The fraction of sp³-hybridized carbons (Fsp3) is 0.474. The Morgan fingerprint density at radius 2 is 2.19 bits per heavy atom. The Hall–Kier alpha value is -2.38. The van der Waals surface area contributed by atoms with Gasteiger partial charge < -0.3 is 20.4 Å². The van der Waals surface area contributed by atoms with E-state index in [9.17, 15) is 9.59 Å². The summed E-state index contributed by atoms with van der Waals surface area (Å²) >= 11 is 0. The van der Waals surface area contributed by atoms with E-state index < -0.39 is 0 Å². The number of nitrogens with one attached hydrogen (secondary N) is 3. The van der Waals surface area contributed by atoms with Gasteiger partial charge in [-0.3, -0.25) is 14.5 Å². The molecule has 4 heterocycles. The molecule has 3 atom stereocenters. The first-order valence-electron chi connectivity index (χ1n) is 9.29. The first-order valence-corrected chi connectivity index (χ1v) is 9.29. The molecule has 3 N–H and O–H groups in total. The minimum absolute atomic E-state index is 0.00272. The van der Waals surface area contributed by atoms with Gasteiger partial charge in [0.2, 0.25) is 11.8 Å². The van der Waals surface area contributed by atoms with Crippen molar-refractivity contribution in [2.75, 3.05) is 24.5 Å². The summed E-state index contributed by atoms with van der Waals surface area (Å²) in [5.74, 6) is 0.491. The molecule has 3 saturated heterocycles. The van der Waals surface area contributed by atoms with Crippen LogP contribution in [0, 0.1) is 0 Å². The zero-order chi connectivity index (χ0) is 17.7. The summed E-state index contributed by atoms with van der Waals surface area (Å²) in [6, 6.07) is 8.45. The van der Waals surface area contributed by atoms with Crippen molar-refractivity contribution in [3.63, 3.8) is 0 Å². The highest BCUT2D eigenvalue weighted by molar-refractivity contribution is 6.00. The minimum Gasteiger partial charge on any atom is -0.440 e. The van der Waals surface area contributed by atoms with Crippen LogP contribution in [0.1, 0.15) is 29.6 Å². The van der Waals surface area contributed by atoms with Crippen molar-refractivity contribution in [3.05, 3.63) is 29.8 Å². The number of benzene rings is 1. The van der Waals surface area contributed by atoms with Gasteiger partial charge in [0, 0.05) is 48.2 Å². The van der Waals surface area contributed by atoms with Gasteiger partial charge in [0.15, 0.2) is 0 Å². The highest BCUT2D eigenvalue weighted by Crippen LogP contribution is 2.30. The number of hydrogen-bond donors (Lipinski definition) is 3. The van der Waals surface area contributed by atoms with Gasteiger partial charge in [-0.15, -0.1) is 0 Å². The van der Waals surface area contributed by atoms with Gasteiger partial charge in [0.05, 0.1) is 6.54 Å². The standard InChI is InChI=1S/C19H22N4O3/c24-17-10-20-5-6-23(17)18-8-12-7-11(1-4-16(12)26-18)19(25)22-15-9-13-2-3-14(15)21-13/h1,4,7-8,13-15,20-21H,2-3,5-6,9-10H2,(H,22,25)/t13-,14+,15-/m1/s1. The largest absolute Gasteiger partial charge is 0.440 e. The van der Waals surface area contributed by atoms with Gasteiger partial charge in [-0.2, -0.15) is 0 Å². The van der Waals surface area contributed by atoms with E-state index >= 15 is 0 Å². The van der Waals surface area contributed by atoms with Crippen LogP contribution in [-0.4, -0.2) is 49.6 Å². The quantitative estimate of drug-likeness (QED) is 0.765. The molecule has 0 radical (unpaired) electrons. The van der Waals surface area contributed by atoms with Crippen LogP contribution in [0.15, 0.2) is 28.7 Å². The fourth-order valence-electron chi connectivity index (χ4n) is 4.38. The highest BCUT2D eigenvalue weighted by atomic mass is 16.4. The number of hydrogen-bond acceptors (Lipinski definition) is 5. The average Bonchev–Trinajstić information content (AvgIpc) is 3.36. The number of furan rings is 1. The van der Waals surface area contributed by atoms with E-state index in [0.29, 0.717) is 42.2 Å². The zero-order valence-electron chi connectivity index (χ0n) is 14.5. The van der Waals surface area contributed by atoms with E-state index in [0.717, 1.165) is 24.8 Å². The maximum Gasteiger partial charge on any atom is 0.251 e. The average molecular weight is 354 g/mol. The molecule has 5 rings (SSSR count). The van der Waals surface area contributed by atoms with Crippen molar-refractivity contribution in [2.24, 2.45) is 0 Å². The molecule has 136 valence electrons. The third-order valence-corrected chi connectivity index (χ3v) is 5.74. The molecule has 0 spiro atoms. The molecule has 2 aromatic rings. The molecule has 0 saturated carbocycles. The van der Waals surface area contributed by atoms with Gasteiger partial charge in [0.25, 0.3) is 5.91 Å². The number of amides is 2. The number of carbonyl (C=O) groups is 2. The predicted octanol–water partition coefficient (Wildman–Crippen LogP) is 0.992. The second-order valence-electron chi connectivity index (χ2n) is 7.42. The van der Waals surface area contributed by atoms with Gasteiger partial charge in [-0.25, -0.2) is 0 Å². The lowest BCUT2D eigenvalue weighted by Gasteiger charge is -2.24. The second-order valence-corrected chi connectivity index (χ2v) is 7.42.